The average molecular weight is 717 g/mol. The molecule has 0 heterocycles. The first-order valence-electron chi connectivity index (χ1n) is 15.0. The van der Waals surface area contributed by atoms with Crippen molar-refractivity contribution in [2.45, 2.75) is 4.90 Å². The second-order valence-corrected chi connectivity index (χ2v) is 12.4. The topological polar surface area (TPSA) is 240 Å². The summed E-state index contributed by atoms with van der Waals surface area (Å²) in [4.78, 5) is 33.9. The van der Waals surface area contributed by atoms with Gasteiger partial charge in [0.25, 0.3) is 10.1 Å². The fourth-order valence-corrected chi connectivity index (χ4v) is 5.46. The summed E-state index contributed by atoms with van der Waals surface area (Å²) >= 11 is 0. The van der Waals surface area contributed by atoms with Crippen molar-refractivity contribution in [1.29, 1.82) is 0 Å². The number of nitrogens with zero attached hydrogens (tertiary/aromatic N) is 5. The molecule has 52 heavy (non-hydrogen) atoms. The van der Waals surface area contributed by atoms with Crippen molar-refractivity contribution in [2.75, 3.05) is 5.43 Å². The third kappa shape index (κ3) is 7.83. The average Bonchev–Trinajstić information content (AvgIpc) is 3.13. The number of allylic oxidation sites excluding steroid dienone is 3. The molecular weight excluding hydrogens is 692 g/mol. The maximum Gasteiger partial charge on any atom is 0.339 e. The van der Waals surface area contributed by atoms with Gasteiger partial charge in [0.05, 0.1) is 39.0 Å². The number of nitrogens with one attached hydrogen (secondary N) is 1. The highest BCUT2D eigenvalue weighted by atomic mass is 32.2. The van der Waals surface area contributed by atoms with Gasteiger partial charge in [-0.25, -0.2) is 9.59 Å². The quantitative estimate of drug-likeness (QED) is 0.0307. The summed E-state index contributed by atoms with van der Waals surface area (Å²) in [6, 6.07) is 25.1. The van der Waals surface area contributed by atoms with E-state index in [0.717, 1.165) is 29.3 Å². The van der Waals surface area contributed by atoms with Gasteiger partial charge in [0.1, 0.15) is 16.9 Å². The highest BCUT2D eigenvalue weighted by Gasteiger charge is 2.19. The number of aromatic hydroxyl groups is 1. The van der Waals surface area contributed by atoms with E-state index in [2.05, 4.69) is 31.0 Å². The Hall–Kier alpha value is -7.17. The van der Waals surface area contributed by atoms with Crippen molar-refractivity contribution in [1.82, 2.24) is 0 Å². The summed E-state index contributed by atoms with van der Waals surface area (Å²) in [5.41, 5.74) is 5.95. The van der Waals surface area contributed by atoms with Crippen LogP contribution in [0.5, 0.6) is 5.75 Å². The number of aromatic carboxylic acids is 1. The van der Waals surface area contributed by atoms with E-state index in [9.17, 15) is 37.6 Å². The number of rotatable bonds is 10. The number of azo groups is 2. The van der Waals surface area contributed by atoms with Gasteiger partial charge in [-0.05, 0) is 96.1 Å². The van der Waals surface area contributed by atoms with E-state index in [-0.39, 0.29) is 38.5 Å². The van der Waals surface area contributed by atoms with Crippen LogP contribution in [0.2, 0.25) is 0 Å². The summed E-state index contributed by atoms with van der Waals surface area (Å²) in [5, 5.41) is 49.9. The van der Waals surface area contributed by atoms with Gasteiger partial charge in [-0.1, -0.05) is 30.3 Å². The molecule has 258 valence electrons. The third-order valence-corrected chi connectivity index (χ3v) is 8.44. The van der Waals surface area contributed by atoms with Gasteiger partial charge in [0, 0.05) is 10.8 Å². The minimum atomic E-state index is -4.57. The number of hydrogen-bond donors (Lipinski definition) is 5. The van der Waals surface area contributed by atoms with Crippen molar-refractivity contribution < 1.29 is 42.7 Å². The van der Waals surface area contributed by atoms with E-state index in [0.29, 0.717) is 22.4 Å². The molecule has 16 heteroatoms. The Bertz CT molecular complexity index is 2540. The van der Waals surface area contributed by atoms with Crippen LogP contribution in [0.4, 0.5) is 28.4 Å². The fourth-order valence-electron chi connectivity index (χ4n) is 4.95. The summed E-state index contributed by atoms with van der Waals surface area (Å²) < 4.78 is 33.5. The standard InChI is InChI=1S/C36H24N6O9S/c43-33-15-9-24(17-29(33)35(45)46)39-37-22-5-1-20(2-6-22)21-3-7-23(8-4-21)38-41-31-13-14-32(28-19-26(52(49,50)51)11-12-27(28)31)42-40-25-10-16-34(44)30(18-25)36(47)48/h1-19,37,44H,(H,45,46)(H,47,48)(H,49,50,51). The molecule has 0 unspecified atom stereocenters. The van der Waals surface area contributed by atoms with Gasteiger partial charge in [0.2, 0.25) is 0 Å². The van der Waals surface area contributed by atoms with Crippen LogP contribution in [-0.2, 0) is 19.7 Å². The molecule has 0 atom stereocenters. The van der Waals surface area contributed by atoms with E-state index in [1.54, 1.807) is 30.3 Å². The van der Waals surface area contributed by atoms with Gasteiger partial charge < -0.3 is 15.3 Å². The van der Waals surface area contributed by atoms with E-state index in [1.165, 1.54) is 42.5 Å². The van der Waals surface area contributed by atoms with Crippen LogP contribution < -0.4 is 5.43 Å². The molecule has 1 aliphatic rings. The Kier molecular flexibility index (Phi) is 9.58. The predicted molar refractivity (Wildman–Crippen MR) is 190 cm³/mol. The highest BCUT2D eigenvalue weighted by molar-refractivity contribution is 7.85. The van der Waals surface area contributed by atoms with Crippen molar-refractivity contribution in [3.8, 4) is 16.9 Å². The molecule has 0 aliphatic heterocycles. The number of hydrogen-bond acceptors (Lipinski definition) is 12. The number of aliphatic carboxylic acids is 1. The number of carboxylic acids is 2. The van der Waals surface area contributed by atoms with Crippen molar-refractivity contribution in [3.63, 3.8) is 0 Å². The van der Waals surface area contributed by atoms with Crippen LogP contribution in [0.3, 0.4) is 0 Å². The minimum absolute atomic E-state index is 0.117. The predicted octanol–water partition coefficient (Wildman–Crippen LogP) is 7.91. The smallest absolute Gasteiger partial charge is 0.339 e. The van der Waals surface area contributed by atoms with Crippen molar-refractivity contribution >= 4 is 72.8 Å². The van der Waals surface area contributed by atoms with Crippen LogP contribution in [0, 0.1) is 0 Å². The first-order chi connectivity index (χ1) is 24.9. The number of benzene rings is 5. The lowest BCUT2D eigenvalue weighted by Gasteiger charge is -2.07. The lowest BCUT2D eigenvalue weighted by molar-refractivity contribution is -0.134. The first-order valence-corrected chi connectivity index (χ1v) is 16.5. The van der Waals surface area contributed by atoms with E-state index >= 15 is 0 Å². The van der Waals surface area contributed by atoms with Gasteiger partial charge in [-0.2, -0.15) is 23.7 Å². The molecular formula is C36H24N6O9S. The molecule has 0 radical (unpaired) electrons. The maximum atomic E-state index is 11.9. The molecule has 1 aliphatic carbocycles. The Balaban J connectivity index is 1.21. The first kappa shape index (κ1) is 34.7. The molecule has 0 fully saturated rings. The van der Waals surface area contributed by atoms with E-state index in [4.69, 9.17) is 5.11 Å². The number of phenols is 1. The number of carbonyl (C=O) groups excluding carboxylic acids is 1. The molecule has 0 saturated heterocycles. The molecule has 0 bridgehead atoms. The molecule has 0 spiro atoms. The Morgan fingerprint density at radius 1 is 0.654 bits per heavy atom. The van der Waals surface area contributed by atoms with Crippen LogP contribution in [0.25, 0.3) is 21.9 Å². The third-order valence-electron chi connectivity index (χ3n) is 7.59. The zero-order chi connectivity index (χ0) is 37.0. The highest BCUT2D eigenvalue weighted by Crippen LogP contribution is 2.37. The molecule has 15 nitrogen and oxygen atoms in total. The summed E-state index contributed by atoms with van der Waals surface area (Å²) in [5.74, 6) is -3.73. The summed E-state index contributed by atoms with van der Waals surface area (Å²) in [6.07, 6.45) is 3.75. The molecule has 5 N–H and O–H groups in total. The lowest BCUT2D eigenvalue weighted by atomic mass is 10.0. The van der Waals surface area contributed by atoms with Crippen LogP contribution in [0.15, 0.2) is 151 Å². The van der Waals surface area contributed by atoms with Crippen LogP contribution >= 0.6 is 0 Å². The minimum Gasteiger partial charge on any atom is -0.507 e. The van der Waals surface area contributed by atoms with Gasteiger partial charge in [0.15, 0.2) is 5.78 Å². The second-order valence-electron chi connectivity index (χ2n) is 11.0. The number of ketones is 1. The molecule has 0 amide bonds. The van der Waals surface area contributed by atoms with Gasteiger partial charge in [-0.3, -0.25) is 14.8 Å². The number of hydrazone groups is 1. The molecule has 0 aromatic heterocycles. The maximum absolute atomic E-state index is 11.9. The van der Waals surface area contributed by atoms with Crippen LogP contribution in [0.1, 0.15) is 10.4 Å². The number of carbonyl (C=O) groups is 3. The molecule has 5 aromatic rings. The second kappa shape index (κ2) is 14.4. The largest absolute Gasteiger partial charge is 0.507 e. The molecule has 5 aromatic carbocycles. The Morgan fingerprint density at radius 3 is 1.90 bits per heavy atom. The van der Waals surface area contributed by atoms with Crippen LogP contribution in [-0.4, -0.2) is 51.7 Å². The molecule has 0 saturated carbocycles. The van der Waals surface area contributed by atoms with Crippen molar-refractivity contribution in [3.05, 3.63) is 126 Å². The van der Waals surface area contributed by atoms with E-state index in [1.807, 2.05) is 24.3 Å². The number of fused-ring (bicyclic) bond motifs is 1. The zero-order valence-corrected chi connectivity index (χ0v) is 27.3. The normalized spacial score (nSPS) is 14.0. The SMILES string of the molecule is O=C(O)C1=CC(=NNc2ccc(-c3ccc(N=Nc4ccc(N=Nc5ccc(O)c(C(=O)O)c5)c5cc(S(=O)(=O)O)ccc45)cc3)cc2)C=CC1=O. The summed E-state index contributed by atoms with van der Waals surface area (Å²) in [6.45, 7) is 0. The van der Waals surface area contributed by atoms with Gasteiger partial charge in [-0.15, -0.1) is 10.2 Å². The molecule has 6 rings (SSSR count). The summed E-state index contributed by atoms with van der Waals surface area (Å²) in [7, 11) is -4.57. The Labute approximate surface area is 294 Å². The monoisotopic (exact) mass is 716 g/mol. The van der Waals surface area contributed by atoms with Gasteiger partial charge >= 0.3 is 11.9 Å². The lowest BCUT2D eigenvalue weighted by Crippen LogP contribution is -2.15. The zero-order valence-electron chi connectivity index (χ0n) is 26.4. The fraction of sp³-hybridized carbons (Fsp3) is 0. The number of anilines is 1. The number of carboxylic acid groups (broad SMARTS) is 2. The van der Waals surface area contributed by atoms with Crippen molar-refractivity contribution in [2.24, 2.45) is 25.6 Å². The van der Waals surface area contributed by atoms with E-state index < -0.39 is 33.6 Å². The Morgan fingerprint density at radius 2 is 1.27 bits per heavy atom.